The van der Waals surface area contributed by atoms with Gasteiger partial charge in [-0.05, 0) is 58.0 Å². The van der Waals surface area contributed by atoms with E-state index >= 15 is 0 Å². The molecule has 0 spiro atoms. The molecule has 1 aromatic carbocycles. The van der Waals surface area contributed by atoms with E-state index in [4.69, 9.17) is 0 Å². The summed E-state index contributed by atoms with van der Waals surface area (Å²) in [5.41, 5.74) is -0.347. The number of alkyl halides is 3. The van der Waals surface area contributed by atoms with Crippen molar-refractivity contribution >= 4 is 15.9 Å². The molecule has 1 aliphatic rings. The molecule has 7 nitrogen and oxygen atoms in total. The van der Waals surface area contributed by atoms with Gasteiger partial charge >= 0.3 is 6.36 Å². The molecule has 164 valence electrons. The lowest BCUT2D eigenvalue weighted by Crippen LogP contribution is -2.46. The minimum atomic E-state index is -4.84. The van der Waals surface area contributed by atoms with Crippen molar-refractivity contribution in [3.8, 4) is 5.75 Å². The second-order valence-electron chi connectivity index (χ2n) is 7.85. The summed E-state index contributed by atoms with van der Waals surface area (Å²) >= 11 is 0. The lowest BCUT2D eigenvalue weighted by atomic mass is 10.1. The molecule has 0 saturated carbocycles. The Kier molecular flexibility index (Phi) is 7.18. The summed E-state index contributed by atoms with van der Waals surface area (Å²) in [6, 6.07) is 4.13. The van der Waals surface area contributed by atoms with Crippen LogP contribution in [0.1, 0.15) is 27.2 Å². The van der Waals surface area contributed by atoms with Crippen molar-refractivity contribution in [1.29, 1.82) is 0 Å². The number of nitrogens with zero attached hydrogens (tertiary/aromatic N) is 2. The number of benzene rings is 1. The third-order valence-corrected chi connectivity index (χ3v) is 6.04. The zero-order valence-electron chi connectivity index (χ0n) is 16.6. The Morgan fingerprint density at radius 2 is 1.69 bits per heavy atom. The number of hydrogen-bond donors (Lipinski definition) is 1. The van der Waals surface area contributed by atoms with E-state index in [1.807, 2.05) is 25.7 Å². The van der Waals surface area contributed by atoms with Gasteiger partial charge in [0.2, 0.25) is 15.9 Å². The van der Waals surface area contributed by atoms with Gasteiger partial charge in [0, 0.05) is 25.2 Å². The highest BCUT2D eigenvalue weighted by molar-refractivity contribution is 7.89. The molecule has 29 heavy (non-hydrogen) atoms. The number of carbonyl (C=O) groups excluding carboxylic acids is 1. The molecule has 0 aliphatic carbocycles. The highest BCUT2D eigenvalue weighted by Crippen LogP contribution is 2.25. The van der Waals surface area contributed by atoms with Gasteiger partial charge in [-0.1, -0.05) is 0 Å². The molecular weight excluding hydrogens is 411 g/mol. The van der Waals surface area contributed by atoms with Crippen LogP contribution >= 0.6 is 0 Å². The summed E-state index contributed by atoms with van der Waals surface area (Å²) < 4.78 is 67.4. The van der Waals surface area contributed by atoms with Crippen LogP contribution in [0.25, 0.3) is 0 Å². The zero-order valence-corrected chi connectivity index (χ0v) is 17.4. The number of halogens is 3. The molecule has 1 fully saturated rings. The molecule has 0 atom stereocenters. The fraction of sp³-hybridized carbons (Fsp3) is 0.611. The number of amides is 1. The van der Waals surface area contributed by atoms with Crippen molar-refractivity contribution in [3.63, 3.8) is 0 Å². The lowest BCUT2D eigenvalue weighted by molar-refractivity contribution is -0.274. The van der Waals surface area contributed by atoms with E-state index in [9.17, 15) is 26.4 Å². The predicted molar refractivity (Wildman–Crippen MR) is 101 cm³/mol. The van der Waals surface area contributed by atoms with Gasteiger partial charge in [-0.2, -0.15) is 4.31 Å². The molecule has 0 unspecified atom stereocenters. The summed E-state index contributed by atoms with van der Waals surface area (Å²) in [6.07, 6.45) is -4.30. The summed E-state index contributed by atoms with van der Waals surface area (Å²) in [6.45, 7) is 7.22. The fourth-order valence-corrected chi connectivity index (χ4v) is 4.44. The summed E-state index contributed by atoms with van der Waals surface area (Å²) in [7, 11) is -3.86. The fourth-order valence-electron chi connectivity index (χ4n) is 2.97. The van der Waals surface area contributed by atoms with E-state index in [0.717, 1.165) is 24.3 Å². The molecule has 1 aliphatic heterocycles. The average molecular weight is 437 g/mol. The van der Waals surface area contributed by atoms with E-state index in [1.165, 1.54) is 4.31 Å². The van der Waals surface area contributed by atoms with E-state index < -0.39 is 22.1 Å². The maximum absolute atomic E-state index is 12.8. The van der Waals surface area contributed by atoms with Crippen molar-refractivity contribution < 1.29 is 31.1 Å². The van der Waals surface area contributed by atoms with Gasteiger partial charge in [0.25, 0.3) is 0 Å². The van der Waals surface area contributed by atoms with Gasteiger partial charge in [0.1, 0.15) is 5.75 Å². The first-order valence-electron chi connectivity index (χ1n) is 9.16. The molecule has 0 radical (unpaired) electrons. The number of hydrogen-bond acceptors (Lipinski definition) is 5. The van der Waals surface area contributed by atoms with Crippen LogP contribution in [-0.4, -0.2) is 68.2 Å². The average Bonchev–Trinajstić information content (AvgIpc) is 2.78. The van der Waals surface area contributed by atoms with Crippen LogP contribution in [0.3, 0.4) is 0 Å². The van der Waals surface area contributed by atoms with E-state index in [-0.39, 0.29) is 36.0 Å². The summed E-state index contributed by atoms with van der Waals surface area (Å²) in [5.74, 6) is -0.614. The van der Waals surface area contributed by atoms with Crippen molar-refractivity contribution in [3.05, 3.63) is 24.3 Å². The van der Waals surface area contributed by atoms with Gasteiger partial charge in [-0.3, -0.25) is 9.69 Å². The van der Waals surface area contributed by atoms with E-state index in [1.54, 1.807) is 0 Å². The van der Waals surface area contributed by atoms with Crippen molar-refractivity contribution in [1.82, 2.24) is 14.5 Å². The minimum Gasteiger partial charge on any atom is -0.406 e. The molecule has 1 saturated heterocycles. The second-order valence-corrected chi connectivity index (χ2v) is 9.79. The van der Waals surface area contributed by atoms with Crippen LogP contribution in [0.5, 0.6) is 5.75 Å². The first-order valence-corrected chi connectivity index (χ1v) is 10.6. The Morgan fingerprint density at radius 3 is 2.24 bits per heavy atom. The molecule has 1 amide bonds. The Hall–Kier alpha value is -1.85. The van der Waals surface area contributed by atoms with Crippen LogP contribution in [-0.2, 0) is 14.8 Å². The number of carbonyl (C=O) groups is 1. The Labute approximate surface area is 168 Å². The van der Waals surface area contributed by atoms with Crippen LogP contribution in [0.15, 0.2) is 29.2 Å². The molecule has 0 aromatic heterocycles. The van der Waals surface area contributed by atoms with Gasteiger partial charge in [0.15, 0.2) is 0 Å². The molecule has 1 N–H and O–H groups in total. The highest BCUT2D eigenvalue weighted by Gasteiger charge is 2.32. The Bertz CT molecular complexity index is 805. The number of sulfonamides is 1. The lowest BCUT2D eigenvalue weighted by Gasteiger charge is -2.25. The van der Waals surface area contributed by atoms with Crippen LogP contribution in [0, 0.1) is 0 Å². The number of nitrogens with one attached hydrogen (secondary N) is 1. The predicted octanol–water partition coefficient (Wildman–Crippen LogP) is 2.20. The van der Waals surface area contributed by atoms with Gasteiger partial charge in [-0.25, -0.2) is 8.42 Å². The monoisotopic (exact) mass is 437 g/mol. The van der Waals surface area contributed by atoms with Crippen LogP contribution in [0.2, 0.25) is 0 Å². The zero-order chi connectivity index (χ0) is 21.9. The smallest absolute Gasteiger partial charge is 0.406 e. The molecule has 1 aromatic rings. The van der Waals surface area contributed by atoms with Crippen molar-refractivity contribution in [2.24, 2.45) is 0 Å². The van der Waals surface area contributed by atoms with Gasteiger partial charge < -0.3 is 10.1 Å². The molecular formula is C18H26F3N3O4S. The van der Waals surface area contributed by atoms with E-state index in [0.29, 0.717) is 19.5 Å². The van der Waals surface area contributed by atoms with Gasteiger partial charge in [-0.15, -0.1) is 13.2 Å². The van der Waals surface area contributed by atoms with Crippen LogP contribution in [0.4, 0.5) is 13.2 Å². The number of ether oxygens (including phenoxy) is 1. The van der Waals surface area contributed by atoms with Crippen molar-refractivity contribution in [2.45, 2.75) is 44.0 Å². The number of rotatable bonds is 5. The highest BCUT2D eigenvalue weighted by atomic mass is 32.2. The molecule has 11 heteroatoms. The normalized spacial score (nSPS) is 17.6. The largest absolute Gasteiger partial charge is 0.573 e. The standard InChI is InChI=1S/C18H26F3N3O4S/c1-17(2,3)22-16(25)13-23-9-4-10-24(12-11-23)29(26,27)15-7-5-14(6-8-15)28-18(19,20)21/h5-8H,4,9-13H2,1-3H3,(H,22,25). The quantitative estimate of drug-likeness (QED) is 0.764. The van der Waals surface area contributed by atoms with E-state index in [2.05, 4.69) is 10.1 Å². The first-order chi connectivity index (χ1) is 13.3. The SMILES string of the molecule is CC(C)(C)NC(=O)CN1CCCN(S(=O)(=O)c2ccc(OC(F)(F)F)cc2)CC1. The van der Waals surface area contributed by atoms with Crippen molar-refractivity contribution in [2.75, 3.05) is 32.7 Å². The molecule has 2 rings (SSSR count). The maximum Gasteiger partial charge on any atom is 0.573 e. The van der Waals surface area contributed by atoms with Gasteiger partial charge in [0.05, 0.1) is 11.4 Å². The summed E-state index contributed by atoms with van der Waals surface area (Å²) in [4.78, 5) is 13.9. The third-order valence-electron chi connectivity index (χ3n) is 4.12. The Balaban J connectivity index is 2.00. The first kappa shape index (κ1) is 23.4. The Morgan fingerprint density at radius 1 is 1.07 bits per heavy atom. The topological polar surface area (TPSA) is 79.0 Å². The summed E-state index contributed by atoms with van der Waals surface area (Å²) in [5, 5.41) is 2.87. The molecule has 0 bridgehead atoms. The minimum absolute atomic E-state index is 0.106. The van der Waals surface area contributed by atoms with Crippen LogP contribution < -0.4 is 10.1 Å². The second kappa shape index (κ2) is 8.88. The third kappa shape index (κ3) is 7.48. The molecule has 1 heterocycles. The maximum atomic E-state index is 12.8.